The summed E-state index contributed by atoms with van der Waals surface area (Å²) in [5.41, 5.74) is 8.58. The van der Waals surface area contributed by atoms with Crippen LogP contribution in [0.5, 0.6) is 0 Å². The van der Waals surface area contributed by atoms with E-state index in [4.69, 9.17) is 5.73 Å². The third-order valence-electron chi connectivity index (χ3n) is 2.65. The van der Waals surface area contributed by atoms with Crippen LogP contribution in [-0.4, -0.2) is 9.78 Å². The number of hydrogen-bond acceptors (Lipinski definition) is 2. The lowest BCUT2D eigenvalue weighted by Crippen LogP contribution is -2.07. The molecule has 0 saturated heterocycles. The molecule has 0 aliphatic carbocycles. The van der Waals surface area contributed by atoms with Crippen molar-refractivity contribution in [3.05, 3.63) is 45.2 Å². The van der Waals surface area contributed by atoms with E-state index >= 15 is 0 Å². The number of aryl methyl sites for hydroxylation is 1. The van der Waals surface area contributed by atoms with E-state index in [2.05, 4.69) is 58.9 Å². The maximum atomic E-state index is 5.93. The molecule has 0 bridgehead atoms. The van der Waals surface area contributed by atoms with Crippen LogP contribution in [0.4, 0.5) is 5.82 Å². The summed E-state index contributed by atoms with van der Waals surface area (Å²) in [6, 6.07) is 8.41. The molecule has 0 spiro atoms. The second-order valence-corrected chi connectivity index (χ2v) is 4.82. The molecule has 3 nitrogen and oxygen atoms in total. The molecule has 16 heavy (non-hydrogen) atoms. The van der Waals surface area contributed by atoms with Crippen molar-refractivity contribution >= 4 is 28.4 Å². The second-order valence-electron chi connectivity index (χ2n) is 3.66. The van der Waals surface area contributed by atoms with Gasteiger partial charge in [0.15, 0.2) is 0 Å². The first-order chi connectivity index (χ1) is 7.72. The predicted octanol–water partition coefficient (Wildman–Crippen LogP) is 2.68. The first kappa shape index (κ1) is 11.4. The molecule has 0 saturated carbocycles. The molecular formula is C12H14IN3. The van der Waals surface area contributed by atoms with E-state index < -0.39 is 0 Å². The molecule has 4 heteroatoms. The van der Waals surface area contributed by atoms with Gasteiger partial charge in [0.25, 0.3) is 0 Å². The fourth-order valence-corrected chi connectivity index (χ4v) is 2.12. The molecule has 0 fully saturated rings. The van der Waals surface area contributed by atoms with Gasteiger partial charge in [-0.25, -0.2) is 4.68 Å². The highest BCUT2D eigenvalue weighted by atomic mass is 127. The summed E-state index contributed by atoms with van der Waals surface area (Å²) in [4.78, 5) is 0. The van der Waals surface area contributed by atoms with E-state index in [1.165, 1.54) is 11.1 Å². The third kappa shape index (κ3) is 2.21. The summed E-state index contributed by atoms with van der Waals surface area (Å²) in [6.07, 6.45) is 2.83. The van der Waals surface area contributed by atoms with Gasteiger partial charge in [0.1, 0.15) is 5.82 Å². The summed E-state index contributed by atoms with van der Waals surface area (Å²) < 4.78 is 2.85. The lowest BCUT2D eigenvalue weighted by Gasteiger charge is -2.08. The Labute approximate surface area is 109 Å². The minimum absolute atomic E-state index is 0.742. The highest BCUT2D eigenvalue weighted by Gasteiger charge is 2.06. The van der Waals surface area contributed by atoms with Crippen molar-refractivity contribution in [2.24, 2.45) is 0 Å². The molecule has 0 aliphatic rings. The molecule has 2 rings (SSSR count). The SMILES string of the molecule is CCc1ccccc1Cn1ncc(I)c1N. The molecule has 1 aromatic carbocycles. The summed E-state index contributed by atoms with van der Waals surface area (Å²) in [5, 5.41) is 4.27. The van der Waals surface area contributed by atoms with Crippen molar-refractivity contribution in [1.29, 1.82) is 0 Å². The fourth-order valence-electron chi connectivity index (χ4n) is 1.72. The van der Waals surface area contributed by atoms with Crippen molar-refractivity contribution in [2.45, 2.75) is 19.9 Å². The van der Waals surface area contributed by atoms with Gasteiger partial charge in [0.05, 0.1) is 16.3 Å². The summed E-state index contributed by atoms with van der Waals surface area (Å²) in [6.45, 7) is 2.91. The van der Waals surface area contributed by atoms with Gasteiger partial charge in [-0.3, -0.25) is 0 Å². The van der Waals surface area contributed by atoms with Crippen molar-refractivity contribution < 1.29 is 0 Å². The van der Waals surface area contributed by atoms with Crippen LogP contribution in [0.15, 0.2) is 30.5 Å². The highest BCUT2D eigenvalue weighted by Crippen LogP contribution is 2.17. The van der Waals surface area contributed by atoms with Crippen molar-refractivity contribution in [3.63, 3.8) is 0 Å². The van der Waals surface area contributed by atoms with Crippen LogP contribution < -0.4 is 5.73 Å². The first-order valence-electron chi connectivity index (χ1n) is 5.26. The number of nitrogens with zero attached hydrogens (tertiary/aromatic N) is 2. The number of benzene rings is 1. The number of anilines is 1. The molecule has 0 atom stereocenters. The average Bonchev–Trinajstić information content (AvgIpc) is 2.62. The Morgan fingerprint density at radius 1 is 1.31 bits per heavy atom. The Hall–Kier alpha value is -1.04. The lowest BCUT2D eigenvalue weighted by molar-refractivity contribution is 0.691. The zero-order chi connectivity index (χ0) is 11.5. The van der Waals surface area contributed by atoms with Gasteiger partial charge in [0.2, 0.25) is 0 Å². The molecule has 2 N–H and O–H groups in total. The summed E-state index contributed by atoms with van der Waals surface area (Å²) >= 11 is 2.20. The monoisotopic (exact) mass is 327 g/mol. The van der Waals surface area contributed by atoms with Gasteiger partial charge in [0, 0.05) is 0 Å². The van der Waals surface area contributed by atoms with Crippen LogP contribution in [-0.2, 0) is 13.0 Å². The number of rotatable bonds is 3. The Bertz CT molecular complexity index is 491. The van der Waals surface area contributed by atoms with Gasteiger partial charge >= 0.3 is 0 Å². The van der Waals surface area contributed by atoms with Crippen LogP contribution in [0.1, 0.15) is 18.1 Å². The minimum Gasteiger partial charge on any atom is -0.383 e. The number of halogens is 1. The molecular weight excluding hydrogens is 313 g/mol. The van der Waals surface area contributed by atoms with Gasteiger partial charge in [-0.2, -0.15) is 5.10 Å². The van der Waals surface area contributed by atoms with E-state index in [9.17, 15) is 0 Å². The van der Waals surface area contributed by atoms with Gasteiger partial charge in [-0.15, -0.1) is 0 Å². The molecule has 0 unspecified atom stereocenters. The third-order valence-corrected chi connectivity index (χ3v) is 3.48. The number of nitrogen functional groups attached to an aromatic ring is 1. The highest BCUT2D eigenvalue weighted by molar-refractivity contribution is 14.1. The van der Waals surface area contributed by atoms with Crippen molar-refractivity contribution in [3.8, 4) is 0 Å². The van der Waals surface area contributed by atoms with Crippen molar-refractivity contribution in [1.82, 2.24) is 9.78 Å². The zero-order valence-corrected chi connectivity index (χ0v) is 11.3. The number of hydrogen-bond donors (Lipinski definition) is 1. The summed E-state index contributed by atoms with van der Waals surface area (Å²) in [5.74, 6) is 0.742. The quantitative estimate of drug-likeness (QED) is 0.881. The number of aromatic nitrogens is 2. The number of nitrogens with two attached hydrogens (primary N) is 1. The van der Waals surface area contributed by atoms with Gasteiger partial charge in [-0.05, 0) is 40.1 Å². The van der Waals surface area contributed by atoms with Crippen LogP contribution in [0.2, 0.25) is 0 Å². The van der Waals surface area contributed by atoms with E-state index in [1.807, 2.05) is 4.68 Å². The summed E-state index contributed by atoms with van der Waals surface area (Å²) in [7, 11) is 0. The van der Waals surface area contributed by atoms with Crippen LogP contribution >= 0.6 is 22.6 Å². The smallest absolute Gasteiger partial charge is 0.135 e. The first-order valence-corrected chi connectivity index (χ1v) is 6.33. The zero-order valence-electron chi connectivity index (χ0n) is 9.15. The van der Waals surface area contributed by atoms with E-state index in [0.717, 1.165) is 22.4 Å². The molecule has 1 heterocycles. The van der Waals surface area contributed by atoms with E-state index in [0.29, 0.717) is 0 Å². The fraction of sp³-hybridized carbons (Fsp3) is 0.250. The lowest BCUT2D eigenvalue weighted by atomic mass is 10.1. The van der Waals surface area contributed by atoms with E-state index in [1.54, 1.807) is 6.20 Å². The molecule has 84 valence electrons. The predicted molar refractivity (Wildman–Crippen MR) is 74.3 cm³/mol. The molecule has 1 aromatic heterocycles. The standard InChI is InChI=1S/C12H14IN3/c1-2-9-5-3-4-6-10(9)8-16-12(14)11(13)7-15-16/h3-7H,2,8,14H2,1H3. The topological polar surface area (TPSA) is 43.8 Å². The molecule has 0 aliphatic heterocycles. The Balaban J connectivity index is 2.30. The Morgan fingerprint density at radius 2 is 2.00 bits per heavy atom. The second kappa shape index (κ2) is 4.86. The van der Waals surface area contributed by atoms with Crippen LogP contribution in [0, 0.1) is 3.57 Å². The molecule has 0 radical (unpaired) electrons. The van der Waals surface area contributed by atoms with Gasteiger partial charge < -0.3 is 5.73 Å². The molecule has 2 aromatic rings. The largest absolute Gasteiger partial charge is 0.383 e. The van der Waals surface area contributed by atoms with Crippen LogP contribution in [0.3, 0.4) is 0 Å². The Morgan fingerprint density at radius 3 is 2.56 bits per heavy atom. The molecule has 0 amide bonds. The van der Waals surface area contributed by atoms with Crippen molar-refractivity contribution in [2.75, 3.05) is 5.73 Å². The Kier molecular flexibility index (Phi) is 3.48. The maximum Gasteiger partial charge on any atom is 0.135 e. The maximum absolute atomic E-state index is 5.93. The minimum atomic E-state index is 0.742. The normalized spacial score (nSPS) is 10.6. The van der Waals surface area contributed by atoms with E-state index in [-0.39, 0.29) is 0 Å². The van der Waals surface area contributed by atoms with Gasteiger partial charge in [-0.1, -0.05) is 31.2 Å². The van der Waals surface area contributed by atoms with Crippen LogP contribution in [0.25, 0.3) is 0 Å². The average molecular weight is 327 g/mol.